The van der Waals surface area contributed by atoms with Crippen LogP contribution in [0.1, 0.15) is 34.1 Å². The first-order valence-corrected chi connectivity index (χ1v) is 10.6. The van der Waals surface area contributed by atoms with Crippen molar-refractivity contribution >= 4 is 39.9 Å². The maximum absolute atomic E-state index is 12.7. The number of amides is 2. The van der Waals surface area contributed by atoms with E-state index in [9.17, 15) is 14.7 Å². The maximum atomic E-state index is 12.7. The molecule has 4 rings (SSSR count). The van der Waals surface area contributed by atoms with Crippen LogP contribution in [-0.2, 0) is 17.6 Å². The summed E-state index contributed by atoms with van der Waals surface area (Å²) in [6.07, 6.45) is 2.72. The Kier molecular flexibility index (Phi) is 5.24. The minimum absolute atomic E-state index is 0.136. The number of phenols is 1. The molecule has 0 radical (unpaired) electrons. The van der Waals surface area contributed by atoms with Crippen molar-refractivity contribution in [2.24, 2.45) is 5.73 Å². The molecule has 29 heavy (non-hydrogen) atoms. The Morgan fingerprint density at radius 2 is 2.07 bits per heavy atom. The molecule has 9 nitrogen and oxygen atoms in total. The van der Waals surface area contributed by atoms with E-state index in [4.69, 9.17) is 5.73 Å². The van der Waals surface area contributed by atoms with E-state index < -0.39 is 11.2 Å². The molecule has 4 N–H and O–H groups in total. The SMILES string of the molecule is C[C@H](Sc1nnnn1-c1ccc(O)cc1)C(=O)Nc1sc2c(c1C(N)=O)CCC2. The highest BCUT2D eigenvalue weighted by Crippen LogP contribution is 2.39. The van der Waals surface area contributed by atoms with Gasteiger partial charge in [0, 0.05) is 4.88 Å². The van der Waals surface area contributed by atoms with E-state index in [2.05, 4.69) is 20.8 Å². The normalized spacial score (nSPS) is 13.8. The largest absolute Gasteiger partial charge is 0.508 e. The van der Waals surface area contributed by atoms with Crippen molar-refractivity contribution in [2.45, 2.75) is 36.6 Å². The van der Waals surface area contributed by atoms with Gasteiger partial charge in [-0.1, -0.05) is 11.8 Å². The van der Waals surface area contributed by atoms with Crippen LogP contribution in [0.5, 0.6) is 5.75 Å². The molecule has 0 saturated heterocycles. The van der Waals surface area contributed by atoms with Crippen LogP contribution >= 0.6 is 23.1 Å². The molecule has 3 aromatic rings. The second-order valence-corrected chi connectivity index (χ2v) is 8.98. The van der Waals surface area contributed by atoms with Crippen LogP contribution in [-0.4, -0.2) is 42.4 Å². The number of aryl methyl sites for hydroxylation is 1. The van der Waals surface area contributed by atoms with Crippen LogP contribution in [0.25, 0.3) is 5.69 Å². The van der Waals surface area contributed by atoms with Gasteiger partial charge in [0.2, 0.25) is 11.1 Å². The van der Waals surface area contributed by atoms with Crippen molar-refractivity contribution in [3.63, 3.8) is 0 Å². The third-order valence-corrected chi connectivity index (χ3v) is 6.83. The van der Waals surface area contributed by atoms with Gasteiger partial charge in [0.1, 0.15) is 10.8 Å². The number of anilines is 1. The average Bonchev–Trinajstić information content (AvgIpc) is 3.38. The Bertz CT molecular complexity index is 1080. The van der Waals surface area contributed by atoms with Crippen molar-refractivity contribution in [1.29, 1.82) is 0 Å². The topological polar surface area (TPSA) is 136 Å². The number of carbonyl (C=O) groups is 2. The highest BCUT2D eigenvalue weighted by Gasteiger charge is 2.27. The molecular weight excluding hydrogens is 412 g/mol. The van der Waals surface area contributed by atoms with Crippen LogP contribution < -0.4 is 11.1 Å². The van der Waals surface area contributed by atoms with Crippen molar-refractivity contribution in [1.82, 2.24) is 20.2 Å². The number of aromatic nitrogens is 4. The maximum Gasteiger partial charge on any atom is 0.251 e. The summed E-state index contributed by atoms with van der Waals surface area (Å²) in [5.41, 5.74) is 7.61. The predicted molar refractivity (Wildman–Crippen MR) is 110 cm³/mol. The Hall–Kier alpha value is -2.92. The van der Waals surface area contributed by atoms with Gasteiger partial charge in [-0.2, -0.15) is 4.68 Å². The third kappa shape index (κ3) is 3.83. The number of thioether (sulfide) groups is 1. The third-order valence-electron chi connectivity index (χ3n) is 4.59. The number of tetrazole rings is 1. The van der Waals surface area contributed by atoms with E-state index in [1.807, 2.05) is 0 Å². The molecular formula is C18H18N6O3S2. The van der Waals surface area contributed by atoms with Crippen molar-refractivity contribution in [3.8, 4) is 11.4 Å². The van der Waals surface area contributed by atoms with Crippen LogP contribution in [0.4, 0.5) is 5.00 Å². The summed E-state index contributed by atoms with van der Waals surface area (Å²) in [4.78, 5) is 25.8. The lowest BCUT2D eigenvalue weighted by molar-refractivity contribution is -0.115. The molecule has 1 aliphatic carbocycles. The van der Waals surface area contributed by atoms with Crippen LogP contribution in [0, 0.1) is 0 Å². The Morgan fingerprint density at radius 1 is 1.31 bits per heavy atom. The molecule has 0 saturated carbocycles. The number of fused-ring (bicyclic) bond motifs is 1. The number of rotatable bonds is 6. The Balaban J connectivity index is 1.50. The standard InChI is InChI=1S/C18H18N6O3S2/c1-9(28-18-21-22-23-24(18)10-5-7-11(25)8-6-10)16(27)20-17-14(15(19)26)12-3-2-4-13(12)29-17/h5-9,25H,2-4H2,1H3,(H2,19,26)(H,20,27)/t9-/m0/s1. The molecule has 1 atom stereocenters. The number of carbonyl (C=O) groups excluding carboxylic acids is 2. The van der Waals surface area contributed by atoms with Gasteiger partial charge in [-0.05, 0) is 66.4 Å². The number of nitrogens with zero attached hydrogens (tertiary/aromatic N) is 4. The highest BCUT2D eigenvalue weighted by atomic mass is 32.2. The molecule has 11 heteroatoms. The predicted octanol–water partition coefficient (Wildman–Crippen LogP) is 2.14. The molecule has 1 aliphatic rings. The number of benzene rings is 1. The quantitative estimate of drug-likeness (QED) is 0.510. The van der Waals surface area contributed by atoms with Gasteiger partial charge in [-0.25, -0.2) is 0 Å². The number of primary amides is 1. The average molecular weight is 431 g/mol. The van der Waals surface area contributed by atoms with E-state index in [1.165, 1.54) is 39.9 Å². The van der Waals surface area contributed by atoms with Gasteiger partial charge < -0.3 is 16.2 Å². The zero-order valence-electron chi connectivity index (χ0n) is 15.5. The van der Waals surface area contributed by atoms with E-state index in [0.29, 0.717) is 21.4 Å². The lowest BCUT2D eigenvalue weighted by atomic mass is 10.1. The van der Waals surface area contributed by atoms with Crippen molar-refractivity contribution in [2.75, 3.05) is 5.32 Å². The molecule has 2 aromatic heterocycles. The molecule has 0 bridgehead atoms. The van der Waals surface area contributed by atoms with Gasteiger partial charge in [0.05, 0.1) is 16.5 Å². The smallest absolute Gasteiger partial charge is 0.251 e. The van der Waals surface area contributed by atoms with Crippen molar-refractivity contribution < 1.29 is 14.7 Å². The first-order chi connectivity index (χ1) is 13.9. The first-order valence-electron chi connectivity index (χ1n) is 8.93. The van der Waals surface area contributed by atoms with Gasteiger partial charge >= 0.3 is 0 Å². The monoisotopic (exact) mass is 430 g/mol. The van der Waals surface area contributed by atoms with E-state index >= 15 is 0 Å². The van der Waals surface area contributed by atoms with Gasteiger partial charge in [0.15, 0.2) is 0 Å². The first kappa shape index (κ1) is 19.4. The minimum atomic E-state index is -0.519. The number of hydrogen-bond donors (Lipinski definition) is 3. The summed E-state index contributed by atoms with van der Waals surface area (Å²) in [5, 5.41) is 24.3. The van der Waals surface area contributed by atoms with Crippen molar-refractivity contribution in [3.05, 3.63) is 40.3 Å². The fourth-order valence-electron chi connectivity index (χ4n) is 3.19. The Morgan fingerprint density at radius 3 is 2.79 bits per heavy atom. The number of aromatic hydroxyl groups is 1. The van der Waals surface area contributed by atoms with E-state index in [0.717, 1.165) is 29.7 Å². The summed E-state index contributed by atoms with van der Waals surface area (Å²) >= 11 is 2.61. The molecule has 0 aliphatic heterocycles. The molecule has 0 fully saturated rings. The number of nitrogens with two attached hydrogens (primary N) is 1. The van der Waals surface area contributed by atoms with Gasteiger partial charge in [-0.15, -0.1) is 16.4 Å². The summed E-state index contributed by atoms with van der Waals surface area (Å²) in [5.74, 6) is -0.647. The fourth-order valence-corrected chi connectivity index (χ4v) is 5.29. The summed E-state index contributed by atoms with van der Waals surface area (Å²) in [6, 6.07) is 6.41. The number of thiophene rings is 1. The number of hydrogen-bond acceptors (Lipinski definition) is 8. The second-order valence-electron chi connectivity index (χ2n) is 6.56. The molecule has 1 aromatic carbocycles. The van der Waals surface area contributed by atoms with Crippen LogP contribution in [0.3, 0.4) is 0 Å². The molecule has 150 valence electrons. The van der Waals surface area contributed by atoms with Crippen LogP contribution in [0.2, 0.25) is 0 Å². The Labute approximate surface area is 174 Å². The molecule has 2 heterocycles. The number of nitrogens with one attached hydrogen (secondary N) is 1. The summed E-state index contributed by atoms with van der Waals surface area (Å²) in [6.45, 7) is 1.74. The van der Waals surface area contributed by atoms with E-state index in [-0.39, 0.29) is 11.7 Å². The zero-order chi connectivity index (χ0) is 20.5. The summed E-state index contributed by atoms with van der Waals surface area (Å²) in [7, 11) is 0. The zero-order valence-corrected chi connectivity index (χ0v) is 17.1. The van der Waals surface area contributed by atoms with E-state index in [1.54, 1.807) is 19.1 Å². The van der Waals surface area contributed by atoms with Gasteiger partial charge in [0.25, 0.3) is 5.91 Å². The molecule has 0 unspecified atom stereocenters. The lowest BCUT2D eigenvalue weighted by Crippen LogP contribution is -2.24. The second kappa shape index (κ2) is 7.84. The van der Waals surface area contributed by atoms with Crippen LogP contribution in [0.15, 0.2) is 29.4 Å². The molecule has 0 spiro atoms. The minimum Gasteiger partial charge on any atom is -0.508 e. The molecule has 2 amide bonds. The number of phenolic OH excluding ortho intramolecular Hbond substituents is 1. The lowest BCUT2D eigenvalue weighted by Gasteiger charge is -2.12. The highest BCUT2D eigenvalue weighted by molar-refractivity contribution is 8.00. The summed E-state index contributed by atoms with van der Waals surface area (Å²) < 4.78 is 1.49. The van der Waals surface area contributed by atoms with Gasteiger partial charge in [-0.3, -0.25) is 9.59 Å². The fraction of sp³-hybridized carbons (Fsp3) is 0.278.